The molecule has 1 saturated heterocycles. The van der Waals surface area contributed by atoms with E-state index >= 15 is 0 Å². The Balaban J connectivity index is 1.70. The highest BCUT2D eigenvalue weighted by Gasteiger charge is 2.56. The minimum Gasteiger partial charge on any atom is -0.465 e. The Bertz CT molecular complexity index is 630. The molecule has 0 aromatic heterocycles. The molecule has 4 aliphatic rings. The van der Waals surface area contributed by atoms with Gasteiger partial charge < -0.3 is 9.64 Å². The van der Waals surface area contributed by atoms with Gasteiger partial charge in [0.1, 0.15) is 5.75 Å². The molecule has 1 aliphatic carbocycles. The van der Waals surface area contributed by atoms with Crippen LogP contribution in [0.3, 0.4) is 0 Å². The van der Waals surface area contributed by atoms with Crippen LogP contribution in [0.25, 0.3) is 0 Å². The molecule has 2 fully saturated rings. The molecule has 1 saturated carbocycles. The monoisotopic (exact) mass is 350 g/mol. The van der Waals surface area contributed by atoms with Crippen LogP contribution in [0.2, 0.25) is 0 Å². The van der Waals surface area contributed by atoms with Crippen molar-refractivity contribution in [2.45, 2.75) is 31.0 Å². The van der Waals surface area contributed by atoms with Crippen LogP contribution in [0, 0.1) is 5.92 Å². The Morgan fingerprint density at radius 1 is 1.40 bits per heavy atom. The number of thioether (sulfide) groups is 1. The quantitative estimate of drug-likeness (QED) is 0.770. The summed E-state index contributed by atoms with van der Waals surface area (Å²) in [6.07, 6.45) is 3.55. The molecule has 20 heavy (non-hydrogen) atoms. The molecule has 104 valence electrons. The smallest absolute Gasteiger partial charge is 0.207 e. The molecule has 5 rings (SSSR count). The second kappa shape index (κ2) is 3.95. The summed E-state index contributed by atoms with van der Waals surface area (Å²) in [6.45, 7) is 1.11. The molecule has 0 N–H and O–H groups in total. The van der Waals surface area contributed by atoms with Gasteiger partial charge in [-0.15, -0.1) is 0 Å². The fraction of sp³-hybridized carbons (Fsp3) is 0.533. The number of halogens is 1. The Labute approximate surface area is 130 Å². The van der Waals surface area contributed by atoms with Crippen LogP contribution in [0.1, 0.15) is 30.9 Å². The van der Waals surface area contributed by atoms with E-state index < -0.39 is 0 Å². The topological polar surface area (TPSA) is 24.8 Å². The van der Waals surface area contributed by atoms with E-state index in [4.69, 9.17) is 9.73 Å². The zero-order valence-electron chi connectivity index (χ0n) is 11.0. The second-order valence-corrected chi connectivity index (χ2v) is 8.04. The number of amidine groups is 1. The lowest BCUT2D eigenvalue weighted by atomic mass is 9.88. The number of hydrogen-bond acceptors (Lipinski definition) is 4. The standard InChI is InChI=1S/C15H15BrN2OS/c16-10-3-4-13-11(7-10)12-8-15(19-13,9-1-2-9)17-14-18(12)5-6-20-14/h3-4,7,9,12H,1-2,5-6,8H2/t12-,15+/m0/s1. The van der Waals surface area contributed by atoms with E-state index in [1.807, 2.05) is 11.8 Å². The molecular weight excluding hydrogens is 336 g/mol. The van der Waals surface area contributed by atoms with Gasteiger partial charge in [-0.25, -0.2) is 4.99 Å². The first-order valence-corrected chi connectivity index (χ1v) is 9.01. The van der Waals surface area contributed by atoms with Gasteiger partial charge in [0.15, 0.2) is 5.17 Å². The minimum absolute atomic E-state index is 0.269. The summed E-state index contributed by atoms with van der Waals surface area (Å²) >= 11 is 5.49. The average Bonchev–Trinajstić information content (AvgIpc) is 3.20. The van der Waals surface area contributed by atoms with Gasteiger partial charge in [-0.3, -0.25) is 0 Å². The van der Waals surface area contributed by atoms with E-state index in [1.54, 1.807) is 0 Å². The summed E-state index contributed by atoms with van der Waals surface area (Å²) in [5.74, 6) is 2.81. The van der Waals surface area contributed by atoms with Crippen molar-refractivity contribution >= 4 is 32.9 Å². The zero-order valence-corrected chi connectivity index (χ0v) is 13.4. The highest BCUT2D eigenvalue weighted by molar-refractivity contribution is 9.10. The molecule has 0 unspecified atom stereocenters. The lowest BCUT2D eigenvalue weighted by Crippen LogP contribution is -2.51. The normalized spacial score (nSPS) is 34.1. The molecule has 5 heteroatoms. The van der Waals surface area contributed by atoms with E-state index in [9.17, 15) is 0 Å². The van der Waals surface area contributed by atoms with Gasteiger partial charge in [-0.2, -0.15) is 0 Å². The van der Waals surface area contributed by atoms with Crippen molar-refractivity contribution in [1.82, 2.24) is 4.90 Å². The van der Waals surface area contributed by atoms with Crippen molar-refractivity contribution in [3.63, 3.8) is 0 Å². The molecule has 0 amide bonds. The Morgan fingerprint density at radius 3 is 3.15 bits per heavy atom. The van der Waals surface area contributed by atoms with Crippen LogP contribution in [0.15, 0.2) is 27.7 Å². The predicted octanol–water partition coefficient (Wildman–Crippen LogP) is 3.80. The molecule has 0 radical (unpaired) electrons. The van der Waals surface area contributed by atoms with Gasteiger partial charge in [-0.05, 0) is 31.0 Å². The molecule has 3 aliphatic heterocycles. The number of ether oxygens (including phenoxy) is 1. The third kappa shape index (κ3) is 1.56. The fourth-order valence-electron chi connectivity index (χ4n) is 3.68. The Hall–Kier alpha value is -0.680. The van der Waals surface area contributed by atoms with Crippen molar-refractivity contribution in [2.24, 2.45) is 10.9 Å². The van der Waals surface area contributed by atoms with Crippen LogP contribution < -0.4 is 4.74 Å². The molecule has 1 aromatic rings. The Kier molecular flexibility index (Phi) is 2.35. The van der Waals surface area contributed by atoms with E-state index in [0.29, 0.717) is 12.0 Å². The van der Waals surface area contributed by atoms with Crippen LogP contribution in [0.5, 0.6) is 5.75 Å². The first kappa shape index (κ1) is 11.9. The highest BCUT2D eigenvalue weighted by Crippen LogP contribution is 2.56. The lowest BCUT2D eigenvalue weighted by Gasteiger charge is -2.47. The maximum absolute atomic E-state index is 6.43. The van der Waals surface area contributed by atoms with Crippen LogP contribution >= 0.6 is 27.7 Å². The van der Waals surface area contributed by atoms with Crippen molar-refractivity contribution < 1.29 is 4.74 Å². The van der Waals surface area contributed by atoms with Crippen molar-refractivity contribution in [3.05, 3.63) is 28.2 Å². The van der Waals surface area contributed by atoms with Gasteiger partial charge in [0.05, 0.1) is 6.04 Å². The number of fused-ring (bicyclic) bond motifs is 6. The van der Waals surface area contributed by atoms with Gasteiger partial charge >= 0.3 is 0 Å². The van der Waals surface area contributed by atoms with E-state index in [1.165, 1.54) is 23.6 Å². The summed E-state index contributed by atoms with van der Waals surface area (Å²) in [5.41, 5.74) is 1.06. The maximum Gasteiger partial charge on any atom is 0.207 e. The zero-order chi connectivity index (χ0) is 13.3. The largest absolute Gasteiger partial charge is 0.465 e. The fourth-order valence-corrected chi connectivity index (χ4v) is 5.13. The molecular formula is C15H15BrN2OS. The average molecular weight is 351 g/mol. The summed E-state index contributed by atoms with van der Waals surface area (Å²) in [7, 11) is 0. The SMILES string of the molecule is Brc1ccc2c(c1)[C@@H]1C[C@@](C3CC3)(N=C3SCCN31)O2. The summed E-state index contributed by atoms with van der Waals surface area (Å²) in [4.78, 5) is 7.54. The summed E-state index contributed by atoms with van der Waals surface area (Å²) in [5, 5.41) is 1.21. The van der Waals surface area contributed by atoms with Crippen LogP contribution in [-0.2, 0) is 0 Å². The maximum atomic E-state index is 6.43. The molecule has 2 atom stereocenters. The van der Waals surface area contributed by atoms with Gasteiger partial charge in [0.2, 0.25) is 5.72 Å². The first-order chi connectivity index (χ1) is 9.75. The molecule has 3 heterocycles. The molecule has 0 spiro atoms. The number of aliphatic imine (C=N–C) groups is 1. The van der Waals surface area contributed by atoms with E-state index in [2.05, 4.69) is 39.0 Å². The van der Waals surface area contributed by atoms with E-state index in [0.717, 1.165) is 28.9 Å². The third-order valence-electron chi connectivity index (χ3n) is 4.79. The van der Waals surface area contributed by atoms with E-state index in [-0.39, 0.29) is 5.72 Å². The summed E-state index contributed by atoms with van der Waals surface area (Å²) < 4.78 is 7.56. The first-order valence-electron chi connectivity index (χ1n) is 7.23. The Morgan fingerprint density at radius 2 is 2.30 bits per heavy atom. The third-order valence-corrected chi connectivity index (χ3v) is 6.25. The molecule has 3 nitrogen and oxygen atoms in total. The molecule has 2 bridgehead atoms. The number of hydrogen-bond donors (Lipinski definition) is 0. The highest BCUT2D eigenvalue weighted by atomic mass is 79.9. The van der Waals surface area contributed by atoms with Gasteiger partial charge in [0.25, 0.3) is 0 Å². The van der Waals surface area contributed by atoms with Gasteiger partial charge in [0, 0.05) is 34.7 Å². The minimum atomic E-state index is -0.269. The van der Waals surface area contributed by atoms with Crippen molar-refractivity contribution in [3.8, 4) is 5.75 Å². The van der Waals surface area contributed by atoms with Crippen molar-refractivity contribution in [2.75, 3.05) is 12.3 Å². The predicted molar refractivity (Wildman–Crippen MR) is 84.2 cm³/mol. The number of benzene rings is 1. The van der Waals surface area contributed by atoms with Crippen LogP contribution in [-0.4, -0.2) is 28.1 Å². The second-order valence-electron chi connectivity index (χ2n) is 6.06. The van der Waals surface area contributed by atoms with Gasteiger partial charge in [-0.1, -0.05) is 27.7 Å². The summed E-state index contributed by atoms with van der Waals surface area (Å²) in [6, 6.07) is 6.85. The van der Waals surface area contributed by atoms with Crippen molar-refractivity contribution in [1.29, 1.82) is 0 Å². The number of nitrogens with zero attached hydrogens (tertiary/aromatic N) is 2. The lowest BCUT2D eigenvalue weighted by molar-refractivity contribution is -0.00731. The van der Waals surface area contributed by atoms with Crippen LogP contribution in [0.4, 0.5) is 0 Å². The molecule has 1 aromatic carbocycles. The number of rotatable bonds is 1.